The molecule has 83 heavy (non-hydrogen) atoms. The first-order valence-corrected chi connectivity index (χ1v) is 25.5. The second-order valence-corrected chi connectivity index (χ2v) is 19.8. The van der Waals surface area contributed by atoms with E-state index in [1.165, 1.54) is 24.3 Å². The fourth-order valence-electron chi connectivity index (χ4n) is 11.2. The number of nitrogens with zero attached hydrogens (tertiary/aromatic N) is 12. The summed E-state index contributed by atoms with van der Waals surface area (Å²) in [6, 6.07) is 66.6. The Morgan fingerprint density at radius 3 is 0.916 bits per heavy atom. The Hall–Kier alpha value is -13.3. The summed E-state index contributed by atoms with van der Waals surface area (Å²) in [6.45, 7) is 33.4. The van der Waals surface area contributed by atoms with Gasteiger partial charge in [-0.3, -0.25) is 0 Å². The van der Waals surface area contributed by atoms with Crippen LogP contribution in [0.15, 0.2) is 176 Å². The maximum atomic E-state index is 12.1. The molecule has 0 amide bonds. The van der Waals surface area contributed by atoms with Crippen molar-refractivity contribution in [1.29, 1.82) is 31.6 Å². The van der Waals surface area contributed by atoms with E-state index in [9.17, 15) is 31.6 Å². The molecular formula is C71H32N12. The molecule has 12 heteroatoms. The summed E-state index contributed by atoms with van der Waals surface area (Å²) in [5.74, 6) is 0. The molecule has 0 aliphatic rings. The van der Waals surface area contributed by atoms with E-state index >= 15 is 0 Å². The van der Waals surface area contributed by atoms with Crippen LogP contribution in [-0.2, 0) is 0 Å². The molecule has 0 fully saturated rings. The van der Waals surface area contributed by atoms with Crippen LogP contribution < -0.4 is 0 Å². The molecule has 0 unspecified atom stereocenters. The molecule has 12 rings (SSSR count). The summed E-state index contributed by atoms with van der Waals surface area (Å²) in [4.78, 5) is 14.7. The zero-order valence-corrected chi connectivity index (χ0v) is 43.6. The number of rotatable bonds is 7. The number of aryl methyl sites for hydroxylation is 1. The molecule has 2 aromatic heterocycles. The summed E-state index contributed by atoms with van der Waals surface area (Å²) in [6.07, 6.45) is 0. The fraction of sp³-hybridized carbons (Fsp3) is 0.0141. The Labute approximate surface area is 475 Å². The molecule has 0 saturated carbocycles. The summed E-state index contributed by atoms with van der Waals surface area (Å²) in [5, 5.41) is 66.0. The lowest BCUT2D eigenvalue weighted by Crippen LogP contribution is -2.05. The van der Waals surface area contributed by atoms with Gasteiger partial charge < -0.3 is 9.13 Å². The van der Waals surface area contributed by atoms with Crippen molar-refractivity contribution >= 4 is 66.4 Å². The van der Waals surface area contributed by atoms with E-state index in [-0.39, 0.29) is 16.9 Å². The van der Waals surface area contributed by atoms with Gasteiger partial charge in [0.15, 0.2) is 22.7 Å². The van der Waals surface area contributed by atoms with Crippen LogP contribution in [0.5, 0.6) is 0 Å². The topological polar surface area (TPSA) is 170 Å². The normalized spacial score (nSPS) is 10.6. The number of nitriles is 6. The summed E-state index contributed by atoms with van der Waals surface area (Å²) >= 11 is 0. The van der Waals surface area contributed by atoms with E-state index in [1.807, 2.05) is 107 Å². The molecule has 0 spiro atoms. The van der Waals surface area contributed by atoms with E-state index in [1.54, 1.807) is 60.7 Å². The number of hydrogen-bond donors (Lipinski definition) is 0. The smallest absolute Gasteiger partial charge is 0.189 e. The van der Waals surface area contributed by atoms with Crippen molar-refractivity contribution < 1.29 is 0 Å². The van der Waals surface area contributed by atoms with Crippen LogP contribution in [0.3, 0.4) is 0 Å². The Kier molecular flexibility index (Phi) is 12.3. The van der Waals surface area contributed by atoms with Gasteiger partial charge in [0.05, 0.1) is 107 Å². The quantitative estimate of drug-likeness (QED) is 0.144. The lowest BCUT2D eigenvalue weighted by atomic mass is 9.96. The molecular weight excluding hydrogens is 1020 g/mol. The highest BCUT2D eigenvalue weighted by Crippen LogP contribution is 2.45. The van der Waals surface area contributed by atoms with Crippen molar-refractivity contribution in [3.8, 4) is 103 Å². The Bertz CT molecular complexity index is 4680. The first-order valence-electron chi connectivity index (χ1n) is 25.5. The van der Waals surface area contributed by atoms with E-state index < -0.39 is 0 Å². The molecule has 12 nitrogen and oxygen atoms in total. The molecule has 0 aliphatic carbocycles. The zero-order chi connectivity index (χ0) is 57.6. The average molecular weight is 1050 g/mol. The van der Waals surface area contributed by atoms with Gasteiger partial charge >= 0.3 is 0 Å². The third kappa shape index (κ3) is 8.77. The van der Waals surface area contributed by atoms with E-state index in [0.29, 0.717) is 128 Å². The van der Waals surface area contributed by atoms with Crippen LogP contribution in [0.4, 0.5) is 22.7 Å². The average Bonchev–Trinajstić information content (AvgIpc) is 4.29. The molecule has 0 radical (unpaired) electrons. The number of hydrogen-bond acceptors (Lipinski definition) is 6. The molecule has 0 bridgehead atoms. The van der Waals surface area contributed by atoms with Crippen molar-refractivity contribution in [1.82, 2.24) is 9.13 Å². The molecule has 0 atom stereocenters. The third-order valence-corrected chi connectivity index (χ3v) is 14.8. The number of fused-ring (bicyclic) bond motifs is 6. The standard InChI is InChI=1S/C71H32N12/c1-41-14-42(35-72)17-51(15-41)56-32-70(82-66-28-47(52-18-43(36-73)16-44(19-52)37-74)6-10-61(66)62-11-7-48(29-67(62)82)53-20-45(38-75)22-57(24-53)78-2)65(40-77)71(33-56)83-68-30-49(54-21-46(39-76)23-58(25-54)79-3)8-12-63(68)64-13-9-50(31-69(64)83)55-26-59(80-4)34-60(27-55)81-5/h6-34H,1H3. The molecule has 0 saturated heterocycles. The summed E-state index contributed by atoms with van der Waals surface area (Å²) in [7, 11) is 0. The van der Waals surface area contributed by atoms with Gasteiger partial charge in [0.1, 0.15) is 11.6 Å². The zero-order valence-electron chi connectivity index (χ0n) is 43.6. The second kappa shape index (κ2) is 20.2. The van der Waals surface area contributed by atoms with Gasteiger partial charge in [-0.15, -0.1) is 0 Å². The molecule has 2 heterocycles. The first kappa shape index (κ1) is 50.5. The monoisotopic (exact) mass is 1050 g/mol. The van der Waals surface area contributed by atoms with Crippen LogP contribution in [0, 0.1) is 101 Å². The van der Waals surface area contributed by atoms with Crippen molar-refractivity contribution in [3.63, 3.8) is 0 Å². The van der Waals surface area contributed by atoms with Gasteiger partial charge in [0.2, 0.25) is 0 Å². The van der Waals surface area contributed by atoms with Crippen molar-refractivity contribution in [2.75, 3.05) is 0 Å². The van der Waals surface area contributed by atoms with Gasteiger partial charge in [-0.05, 0) is 171 Å². The van der Waals surface area contributed by atoms with Crippen LogP contribution in [0.25, 0.3) is 130 Å². The minimum absolute atomic E-state index is 0.221. The minimum Gasteiger partial charge on any atom is -0.308 e. The van der Waals surface area contributed by atoms with Crippen LogP contribution >= 0.6 is 0 Å². The van der Waals surface area contributed by atoms with Gasteiger partial charge in [-0.2, -0.15) is 31.6 Å². The van der Waals surface area contributed by atoms with Crippen LogP contribution in [0.1, 0.15) is 38.9 Å². The first-order chi connectivity index (χ1) is 40.5. The highest BCUT2D eigenvalue weighted by Gasteiger charge is 2.25. The summed E-state index contributed by atoms with van der Waals surface area (Å²) < 4.78 is 4.03. The highest BCUT2D eigenvalue weighted by molar-refractivity contribution is 6.13. The molecule has 12 aromatic rings. The lowest BCUT2D eigenvalue weighted by Gasteiger charge is -2.19. The fourth-order valence-corrected chi connectivity index (χ4v) is 11.2. The van der Waals surface area contributed by atoms with Gasteiger partial charge in [-0.1, -0.05) is 72.8 Å². The lowest BCUT2D eigenvalue weighted by molar-refractivity contribution is 1.12. The largest absolute Gasteiger partial charge is 0.308 e. The third-order valence-electron chi connectivity index (χ3n) is 14.8. The van der Waals surface area contributed by atoms with Gasteiger partial charge in [-0.25, -0.2) is 19.4 Å². The predicted octanol–water partition coefficient (Wildman–Crippen LogP) is 18.0. The van der Waals surface area contributed by atoms with Crippen molar-refractivity contribution in [2.45, 2.75) is 6.92 Å². The SMILES string of the molecule is [C-]#[N+]c1cc(C#N)cc(-c2ccc3c4ccc(-c5cc(C#N)cc(C#N)c5)cc4n(-c4cc(-c5cc(C)cc(C#N)c5)cc(-n5c6cc(-c7cc(C#N)cc([N+]#[C-])c7)ccc6c6ccc(-c7cc([N+]#[C-])cc([N+]#[C-])c7)cc65)c4C#N)c3c2)c1. The summed E-state index contributed by atoms with van der Waals surface area (Å²) in [5.41, 5.74) is 13.9. The Morgan fingerprint density at radius 2 is 0.578 bits per heavy atom. The van der Waals surface area contributed by atoms with Crippen LogP contribution in [-0.4, -0.2) is 9.13 Å². The number of benzene rings is 10. The Balaban J connectivity index is 1.26. The van der Waals surface area contributed by atoms with E-state index in [0.717, 1.165) is 27.1 Å². The molecule has 0 aliphatic heterocycles. The van der Waals surface area contributed by atoms with Crippen molar-refractivity contribution in [2.24, 2.45) is 0 Å². The number of aromatic nitrogens is 2. The second-order valence-electron chi connectivity index (χ2n) is 19.8. The van der Waals surface area contributed by atoms with E-state index in [2.05, 4.69) is 55.8 Å². The molecule has 376 valence electrons. The predicted molar refractivity (Wildman–Crippen MR) is 320 cm³/mol. The van der Waals surface area contributed by atoms with Gasteiger partial charge in [0, 0.05) is 32.7 Å². The maximum Gasteiger partial charge on any atom is 0.189 e. The van der Waals surface area contributed by atoms with E-state index in [4.69, 9.17) is 26.3 Å². The van der Waals surface area contributed by atoms with Crippen molar-refractivity contribution in [3.05, 3.63) is 261 Å². The van der Waals surface area contributed by atoms with Gasteiger partial charge in [0.25, 0.3) is 0 Å². The van der Waals surface area contributed by atoms with Crippen LogP contribution in [0.2, 0.25) is 0 Å². The maximum absolute atomic E-state index is 12.1. The minimum atomic E-state index is 0.221. The molecule has 10 aromatic carbocycles. The Morgan fingerprint density at radius 1 is 0.289 bits per heavy atom. The highest BCUT2D eigenvalue weighted by atomic mass is 15.0. The molecule has 0 N–H and O–H groups in total.